The molecule has 0 N–H and O–H groups in total. The Morgan fingerprint density at radius 3 is 2.50 bits per heavy atom. The maximum atomic E-state index is 13.4. The summed E-state index contributed by atoms with van der Waals surface area (Å²) in [6.07, 6.45) is -3.53. The van der Waals surface area contributed by atoms with E-state index in [0.29, 0.717) is 39.1 Å². The Hall–Kier alpha value is -3.92. The minimum atomic E-state index is -4.76. The van der Waals surface area contributed by atoms with Crippen LogP contribution in [0.2, 0.25) is 5.02 Å². The minimum Gasteiger partial charge on any atom is -0.494 e. The van der Waals surface area contributed by atoms with Gasteiger partial charge < -0.3 is 4.74 Å². The molecule has 0 aliphatic carbocycles. The number of hydrogen-bond donors (Lipinski definition) is 0. The maximum absolute atomic E-state index is 13.4. The van der Waals surface area contributed by atoms with E-state index < -0.39 is 28.6 Å². The molecule has 0 bridgehead atoms. The fourth-order valence-electron chi connectivity index (χ4n) is 4.04. The molecule has 0 saturated carbocycles. The number of amides is 2. The number of aryl methyl sites for hydroxylation is 1. The summed E-state index contributed by atoms with van der Waals surface area (Å²) in [5, 5.41) is 4.28. The summed E-state index contributed by atoms with van der Waals surface area (Å²) in [6, 6.07) is 9.93. The molecule has 2 aromatic carbocycles. The van der Waals surface area contributed by atoms with Crippen molar-refractivity contribution in [2.75, 3.05) is 12.0 Å². The van der Waals surface area contributed by atoms with Crippen LogP contribution in [0.25, 0.3) is 16.7 Å². The molecule has 1 aliphatic rings. The van der Waals surface area contributed by atoms with E-state index in [0.717, 1.165) is 6.07 Å². The SMILES string of the molecule is COc1ccccc1-n1nc(C)c2c3c(cnc21)C(=O)N(c1ccc(Cl)c(C(F)(F)F)c1)C3=O. The molecular formula is C23H14ClF3N4O3. The van der Waals surface area contributed by atoms with Crippen molar-refractivity contribution in [3.8, 4) is 11.4 Å². The Kier molecular flexibility index (Phi) is 4.87. The van der Waals surface area contributed by atoms with Gasteiger partial charge in [-0.05, 0) is 37.3 Å². The van der Waals surface area contributed by atoms with Crippen LogP contribution in [0.5, 0.6) is 5.75 Å². The lowest BCUT2D eigenvalue weighted by molar-refractivity contribution is -0.137. The first-order valence-corrected chi connectivity index (χ1v) is 10.3. The summed E-state index contributed by atoms with van der Waals surface area (Å²) in [7, 11) is 1.50. The molecule has 1 aliphatic heterocycles. The highest BCUT2D eigenvalue weighted by atomic mass is 35.5. The zero-order chi connectivity index (χ0) is 24.4. The number of nitrogens with zero attached hydrogens (tertiary/aromatic N) is 4. The molecule has 34 heavy (non-hydrogen) atoms. The van der Waals surface area contributed by atoms with Gasteiger partial charge in [-0.1, -0.05) is 23.7 Å². The number of para-hydroxylation sites is 2. The van der Waals surface area contributed by atoms with Crippen LogP contribution in [0.3, 0.4) is 0 Å². The van der Waals surface area contributed by atoms with Gasteiger partial charge in [0.25, 0.3) is 11.8 Å². The monoisotopic (exact) mass is 486 g/mol. The average Bonchev–Trinajstić information content (AvgIpc) is 3.27. The molecule has 172 valence electrons. The Balaban J connectivity index is 1.69. The highest BCUT2D eigenvalue weighted by Crippen LogP contribution is 2.40. The number of hydrogen-bond acceptors (Lipinski definition) is 5. The van der Waals surface area contributed by atoms with E-state index in [1.54, 1.807) is 31.2 Å². The van der Waals surface area contributed by atoms with Gasteiger partial charge >= 0.3 is 6.18 Å². The molecular weight excluding hydrogens is 473 g/mol. The van der Waals surface area contributed by atoms with E-state index in [4.69, 9.17) is 16.3 Å². The highest BCUT2D eigenvalue weighted by molar-refractivity contribution is 6.37. The van der Waals surface area contributed by atoms with Crippen molar-refractivity contribution in [1.82, 2.24) is 14.8 Å². The van der Waals surface area contributed by atoms with Gasteiger partial charge in [-0.3, -0.25) is 9.59 Å². The van der Waals surface area contributed by atoms with E-state index >= 15 is 0 Å². The first-order valence-electron chi connectivity index (χ1n) is 9.90. The number of alkyl halides is 3. The Labute approximate surface area is 195 Å². The number of halogens is 4. The summed E-state index contributed by atoms with van der Waals surface area (Å²) in [5.74, 6) is -1.04. The number of imide groups is 1. The van der Waals surface area contributed by atoms with E-state index in [1.807, 2.05) is 0 Å². The number of ether oxygens (including phenoxy) is 1. The van der Waals surface area contributed by atoms with Crippen LogP contribution in [0.4, 0.5) is 18.9 Å². The Morgan fingerprint density at radius 2 is 1.79 bits per heavy atom. The molecule has 0 atom stereocenters. The number of carbonyl (C=O) groups excluding carboxylic acids is 2. The molecule has 2 aromatic heterocycles. The number of fused-ring (bicyclic) bond motifs is 3. The van der Waals surface area contributed by atoms with E-state index in [2.05, 4.69) is 10.1 Å². The summed E-state index contributed by atoms with van der Waals surface area (Å²) >= 11 is 5.69. The van der Waals surface area contributed by atoms with Crippen molar-refractivity contribution < 1.29 is 27.5 Å². The molecule has 4 aromatic rings. The minimum absolute atomic E-state index is 0.0244. The fraction of sp³-hybridized carbons (Fsp3) is 0.130. The summed E-state index contributed by atoms with van der Waals surface area (Å²) in [4.78, 5) is 31.5. The fourth-order valence-corrected chi connectivity index (χ4v) is 4.26. The van der Waals surface area contributed by atoms with Gasteiger partial charge in [0.2, 0.25) is 0 Å². The lowest BCUT2D eigenvalue weighted by Crippen LogP contribution is -2.29. The molecule has 0 radical (unpaired) electrons. The van der Waals surface area contributed by atoms with Crippen molar-refractivity contribution in [3.05, 3.63) is 76.1 Å². The predicted octanol–water partition coefficient (Wildman–Crippen LogP) is 5.21. The van der Waals surface area contributed by atoms with Gasteiger partial charge in [0.1, 0.15) is 11.4 Å². The first kappa shape index (κ1) is 21.9. The number of anilines is 1. The van der Waals surface area contributed by atoms with Crippen LogP contribution < -0.4 is 9.64 Å². The first-order chi connectivity index (χ1) is 16.1. The summed E-state index contributed by atoms with van der Waals surface area (Å²) < 4.78 is 47.0. The van der Waals surface area contributed by atoms with Crippen LogP contribution in [0.15, 0.2) is 48.7 Å². The molecule has 2 amide bonds. The van der Waals surface area contributed by atoms with Gasteiger partial charge in [0.05, 0.1) is 45.6 Å². The molecule has 11 heteroatoms. The van der Waals surface area contributed by atoms with E-state index in [9.17, 15) is 22.8 Å². The third kappa shape index (κ3) is 3.13. The van der Waals surface area contributed by atoms with Crippen LogP contribution in [0.1, 0.15) is 32.0 Å². The highest BCUT2D eigenvalue weighted by Gasteiger charge is 2.41. The number of rotatable bonds is 3. The normalized spacial score (nSPS) is 13.6. The zero-order valence-corrected chi connectivity index (χ0v) is 18.4. The number of pyridine rings is 1. The van der Waals surface area contributed by atoms with Gasteiger partial charge in [-0.2, -0.15) is 18.3 Å². The maximum Gasteiger partial charge on any atom is 0.417 e. The predicted molar refractivity (Wildman–Crippen MR) is 118 cm³/mol. The van der Waals surface area contributed by atoms with Crippen LogP contribution in [-0.2, 0) is 6.18 Å². The number of carbonyl (C=O) groups is 2. The molecule has 3 heterocycles. The van der Waals surface area contributed by atoms with Gasteiger partial charge in [0, 0.05) is 6.20 Å². The molecule has 5 rings (SSSR count). The third-order valence-electron chi connectivity index (χ3n) is 5.55. The smallest absolute Gasteiger partial charge is 0.417 e. The van der Waals surface area contributed by atoms with Crippen molar-refractivity contribution in [1.29, 1.82) is 0 Å². The van der Waals surface area contributed by atoms with Crippen molar-refractivity contribution >= 4 is 40.1 Å². The van der Waals surface area contributed by atoms with Crippen molar-refractivity contribution in [2.45, 2.75) is 13.1 Å². The Morgan fingerprint density at radius 1 is 1.06 bits per heavy atom. The molecule has 0 spiro atoms. The number of aromatic nitrogens is 3. The topological polar surface area (TPSA) is 77.3 Å². The second kappa shape index (κ2) is 7.56. The van der Waals surface area contributed by atoms with Gasteiger partial charge in [-0.15, -0.1) is 0 Å². The second-order valence-corrected chi connectivity index (χ2v) is 7.93. The molecule has 7 nitrogen and oxygen atoms in total. The lowest BCUT2D eigenvalue weighted by atomic mass is 10.1. The van der Waals surface area contributed by atoms with Crippen LogP contribution in [0, 0.1) is 6.92 Å². The summed E-state index contributed by atoms with van der Waals surface area (Å²) in [6.45, 7) is 1.65. The zero-order valence-electron chi connectivity index (χ0n) is 17.6. The van der Waals surface area contributed by atoms with Crippen molar-refractivity contribution in [3.63, 3.8) is 0 Å². The number of methoxy groups -OCH3 is 1. The second-order valence-electron chi connectivity index (χ2n) is 7.52. The van der Waals surface area contributed by atoms with Gasteiger partial charge in [0.15, 0.2) is 5.65 Å². The van der Waals surface area contributed by atoms with Crippen molar-refractivity contribution in [2.24, 2.45) is 0 Å². The molecule has 0 unspecified atom stereocenters. The summed E-state index contributed by atoms with van der Waals surface area (Å²) in [5.41, 5.74) is -0.105. The van der Waals surface area contributed by atoms with E-state index in [1.165, 1.54) is 24.1 Å². The quantitative estimate of drug-likeness (QED) is 0.371. The Bertz CT molecular complexity index is 1510. The number of benzene rings is 2. The van der Waals surface area contributed by atoms with Crippen LogP contribution >= 0.6 is 11.6 Å². The third-order valence-corrected chi connectivity index (χ3v) is 5.88. The lowest BCUT2D eigenvalue weighted by Gasteiger charge is -2.17. The molecule has 0 saturated heterocycles. The molecule has 0 fully saturated rings. The van der Waals surface area contributed by atoms with Crippen LogP contribution in [-0.4, -0.2) is 33.7 Å². The van der Waals surface area contributed by atoms with Gasteiger partial charge in [-0.25, -0.2) is 14.6 Å². The largest absolute Gasteiger partial charge is 0.494 e. The standard InChI is InChI=1S/C23H14ClF3N4O3/c1-11-18-19-13(10-28-20(18)31(29-11)16-5-3-4-6-17(16)34-2)21(32)30(22(19)33)12-7-8-15(24)14(9-12)23(25,26)27/h3-10H,1-2H3. The average molecular weight is 487 g/mol. The van der Waals surface area contributed by atoms with E-state index in [-0.39, 0.29) is 16.8 Å².